The van der Waals surface area contributed by atoms with Crippen molar-refractivity contribution < 1.29 is 4.79 Å². The fraction of sp³-hybridized carbons (Fsp3) is 0.923. The first kappa shape index (κ1) is 14.5. The molecule has 0 spiro atoms. The first-order chi connectivity index (χ1) is 6.60. The summed E-state index contributed by atoms with van der Waals surface area (Å²) in [5.74, 6) is -0.169. The number of amides is 1. The zero-order valence-corrected chi connectivity index (χ0v) is 11.2. The van der Waals surface area contributed by atoms with Gasteiger partial charge < -0.3 is 5.73 Å². The van der Waals surface area contributed by atoms with Crippen LogP contribution in [0.15, 0.2) is 0 Å². The van der Waals surface area contributed by atoms with Crippen molar-refractivity contribution in [3.63, 3.8) is 0 Å². The molecule has 2 heteroatoms. The molecule has 0 radical (unpaired) electrons. The van der Waals surface area contributed by atoms with Crippen LogP contribution in [0.3, 0.4) is 0 Å². The molecule has 0 aliphatic heterocycles. The molecule has 0 rings (SSSR count). The smallest absolute Gasteiger partial charge is 0.221 e. The van der Waals surface area contributed by atoms with Crippen molar-refractivity contribution in [1.29, 1.82) is 0 Å². The van der Waals surface area contributed by atoms with E-state index in [-0.39, 0.29) is 17.2 Å². The number of carbonyl (C=O) groups excluding carboxylic acids is 1. The number of hydrogen-bond acceptors (Lipinski definition) is 1. The van der Waals surface area contributed by atoms with Crippen molar-refractivity contribution in [3.05, 3.63) is 0 Å². The van der Waals surface area contributed by atoms with E-state index in [9.17, 15) is 4.79 Å². The van der Waals surface area contributed by atoms with E-state index >= 15 is 0 Å². The molecule has 2 N–H and O–H groups in total. The highest BCUT2D eigenvalue weighted by atomic mass is 16.1. The minimum absolute atomic E-state index is 0.0108. The van der Waals surface area contributed by atoms with E-state index in [0.717, 1.165) is 19.3 Å². The van der Waals surface area contributed by atoms with Crippen molar-refractivity contribution in [2.24, 2.45) is 22.5 Å². The Morgan fingerprint density at radius 3 is 1.93 bits per heavy atom. The Labute approximate surface area is 94.6 Å². The Hall–Kier alpha value is -0.530. The maximum absolute atomic E-state index is 11.4. The molecule has 1 unspecified atom stereocenters. The fourth-order valence-electron chi connectivity index (χ4n) is 1.71. The van der Waals surface area contributed by atoms with Gasteiger partial charge in [0.05, 0.1) is 0 Å². The second-order valence-electron chi connectivity index (χ2n) is 6.38. The summed E-state index contributed by atoms with van der Waals surface area (Å²) in [4.78, 5) is 11.4. The van der Waals surface area contributed by atoms with E-state index in [0.29, 0.717) is 5.41 Å². The normalized spacial score (nSPS) is 15.1. The number of primary amides is 1. The first-order valence-electron chi connectivity index (χ1n) is 5.89. The second-order valence-corrected chi connectivity index (χ2v) is 6.38. The molecule has 0 heterocycles. The van der Waals surface area contributed by atoms with Crippen LogP contribution in [0.1, 0.15) is 60.8 Å². The van der Waals surface area contributed by atoms with Crippen LogP contribution in [0.25, 0.3) is 0 Å². The topological polar surface area (TPSA) is 43.1 Å². The Bertz CT molecular complexity index is 213. The predicted octanol–water partition coefficient (Wildman–Crippen LogP) is 3.35. The number of hydrogen-bond donors (Lipinski definition) is 1. The third-order valence-corrected chi connectivity index (χ3v) is 3.46. The van der Waals surface area contributed by atoms with Gasteiger partial charge in [0.15, 0.2) is 0 Å². The Balaban J connectivity index is 4.40. The van der Waals surface area contributed by atoms with Crippen LogP contribution in [0, 0.1) is 16.7 Å². The third-order valence-electron chi connectivity index (χ3n) is 3.46. The van der Waals surface area contributed by atoms with E-state index < -0.39 is 0 Å². The van der Waals surface area contributed by atoms with Crippen LogP contribution in [-0.2, 0) is 4.79 Å². The average Bonchev–Trinajstić information content (AvgIpc) is 2.01. The monoisotopic (exact) mass is 213 g/mol. The lowest BCUT2D eigenvalue weighted by Gasteiger charge is -2.31. The van der Waals surface area contributed by atoms with E-state index in [1.807, 2.05) is 0 Å². The van der Waals surface area contributed by atoms with E-state index in [1.165, 1.54) is 0 Å². The molecule has 0 bridgehead atoms. The summed E-state index contributed by atoms with van der Waals surface area (Å²) in [5.41, 5.74) is 5.75. The van der Waals surface area contributed by atoms with Gasteiger partial charge in [-0.1, -0.05) is 48.0 Å². The van der Waals surface area contributed by atoms with Gasteiger partial charge in [0, 0.05) is 5.92 Å². The van der Waals surface area contributed by atoms with Gasteiger partial charge in [-0.05, 0) is 23.7 Å². The molecule has 0 fully saturated rings. The zero-order chi connectivity index (χ0) is 12.3. The van der Waals surface area contributed by atoms with Crippen LogP contribution in [0.5, 0.6) is 0 Å². The van der Waals surface area contributed by atoms with Crippen LogP contribution in [-0.4, -0.2) is 5.91 Å². The minimum atomic E-state index is -0.158. The van der Waals surface area contributed by atoms with Crippen molar-refractivity contribution >= 4 is 5.91 Å². The largest absolute Gasteiger partial charge is 0.369 e. The van der Waals surface area contributed by atoms with Crippen LogP contribution in [0.4, 0.5) is 0 Å². The van der Waals surface area contributed by atoms with Gasteiger partial charge in [-0.2, -0.15) is 0 Å². The first-order valence-corrected chi connectivity index (χ1v) is 5.89. The second kappa shape index (κ2) is 5.00. The lowest BCUT2D eigenvalue weighted by atomic mass is 9.73. The van der Waals surface area contributed by atoms with E-state index in [4.69, 9.17) is 5.73 Å². The summed E-state index contributed by atoms with van der Waals surface area (Å²) in [6.07, 6.45) is 3.11. The molecular weight excluding hydrogens is 186 g/mol. The molecule has 15 heavy (non-hydrogen) atoms. The molecule has 1 atom stereocenters. The minimum Gasteiger partial charge on any atom is -0.369 e. The molecule has 0 saturated heterocycles. The molecule has 2 nitrogen and oxygen atoms in total. The lowest BCUT2D eigenvalue weighted by Crippen LogP contribution is -2.34. The maximum atomic E-state index is 11.4. The van der Waals surface area contributed by atoms with Gasteiger partial charge in [-0.3, -0.25) is 4.79 Å². The quantitative estimate of drug-likeness (QED) is 0.747. The van der Waals surface area contributed by atoms with Gasteiger partial charge in [0.1, 0.15) is 0 Å². The zero-order valence-electron chi connectivity index (χ0n) is 11.2. The summed E-state index contributed by atoms with van der Waals surface area (Å²) in [7, 11) is 0. The molecule has 0 aromatic heterocycles. The SMILES string of the molecule is CCC(C)(C)CCC(C(N)=O)C(C)(C)C. The molecule has 0 aliphatic carbocycles. The molecule has 0 aromatic rings. The number of nitrogens with two attached hydrogens (primary N) is 1. The van der Waals surface area contributed by atoms with Crippen molar-refractivity contribution in [3.8, 4) is 0 Å². The van der Waals surface area contributed by atoms with Gasteiger partial charge in [0.25, 0.3) is 0 Å². The van der Waals surface area contributed by atoms with E-state index in [2.05, 4.69) is 41.5 Å². The lowest BCUT2D eigenvalue weighted by molar-refractivity contribution is -0.125. The molecule has 90 valence electrons. The Morgan fingerprint density at radius 2 is 1.67 bits per heavy atom. The van der Waals surface area contributed by atoms with Crippen LogP contribution in [0.2, 0.25) is 0 Å². The standard InChI is InChI=1S/C13H27NO/c1-7-13(5,6)9-8-10(11(14)15)12(2,3)4/h10H,7-9H2,1-6H3,(H2,14,15). The molecule has 0 aliphatic rings. The molecular formula is C13H27NO. The Morgan fingerprint density at radius 1 is 1.20 bits per heavy atom. The summed E-state index contributed by atoms with van der Waals surface area (Å²) >= 11 is 0. The summed E-state index contributed by atoms with van der Waals surface area (Å²) in [6.45, 7) is 12.9. The number of rotatable bonds is 5. The highest BCUT2D eigenvalue weighted by molar-refractivity contribution is 5.77. The number of carbonyl (C=O) groups is 1. The van der Waals surface area contributed by atoms with Gasteiger partial charge in [0.2, 0.25) is 5.91 Å². The predicted molar refractivity (Wildman–Crippen MR) is 65.4 cm³/mol. The molecule has 0 aromatic carbocycles. The van der Waals surface area contributed by atoms with Crippen LogP contribution < -0.4 is 5.73 Å². The highest BCUT2D eigenvalue weighted by Crippen LogP contribution is 2.34. The highest BCUT2D eigenvalue weighted by Gasteiger charge is 2.30. The van der Waals surface area contributed by atoms with Crippen LogP contribution >= 0.6 is 0 Å². The van der Waals surface area contributed by atoms with Gasteiger partial charge in [-0.15, -0.1) is 0 Å². The summed E-state index contributed by atoms with van der Waals surface area (Å²) < 4.78 is 0. The Kier molecular flexibility index (Phi) is 4.82. The summed E-state index contributed by atoms with van der Waals surface area (Å²) in [6, 6.07) is 0. The summed E-state index contributed by atoms with van der Waals surface area (Å²) in [5, 5.41) is 0. The van der Waals surface area contributed by atoms with E-state index in [1.54, 1.807) is 0 Å². The van der Waals surface area contributed by atoms with Crippen molar-refractivity contribution in [2.45, 2.75) is 60.8 Å². The van der Waals surface area contributed by atoms with Gasteiger partial charge >= 0.3 is 0 Å². The average molecular weight is 213 g/mol. The third kappa shape index (κ3) is 5.19. The fourth-order valence-corrected chi connectivity index (χ4v) is 1.71. The maximum Gasteiger partial charge on any atom is 0.221 e. The van der Waals surface area contributed by atoms with Crippen molar-refractivity contribution in [1.82, 2.24) is 0 Å². The molecule has 1 amide bonds. The van der Waals surface area contributed by atoms with Gasteiger partial charge in [-0.25, -0.2) is 0 Å². The van der Waals surface area contributed by atoms with Crippen molar-refractivity contribution in [2.75, 3.05) is 0 Å². The molecule has 0 saturated carbocycles.